The Kier molecular flexibility index (Phi) is 8.36. The molecule has 4 aromatic carbocycles. The first-order chi connectivity index (χ1) is 20.2. The van der Waals surface area contributed by atoms with Crippen LogP contribution in [0.2, 0.25) is 0 Å². The normalized spacial score (nSPS) is 18.2. The summed E-state index contributed by atoms with van der Waals surface area (Å²) in [4.78, 5) is 11.8. The molecule has 1 amide bonds. The van der Waals surface area contributed by atoms with E-state index in [0.29, 0.717) is 17.5 Å². The van der Waals surface area contributed by atoms with E-state index in [4.69, 9.17) is 0 Å². The van der Waals surface area contributed by atoms with Crippen molar-refractivity contribution in [3.05, 3.63) is 103 Å². The topological polar surface area (TPSA) is 138 Å². The summed E-state index contributed by atoms with van der Waals surface area (Å²) in [5.74, 6) is -3.35. The van der Waals surface area contributed by atoms with Gasteiger partial charge in [0.15, 0.2) is 0 Å². The number of halogens is 2. The Hall–Kier alpha value is -3.41. The van der Waals surface area contributed by atoms with Crippen LogP contribution in [0.5, 0.6) is 0 Å². The maximum atomic E-state index is 14.0. The molecule has 1 aliphatic rings. The Labute approximate surface area is 252 Å². The molecule has 0 radical (unpaired) electrons. The predicted molar refractivity (Wildman–Crippen MR) is 156 cm³/mol. The number of benzene rings is 4. The average molecular weight is 668 g/mol. The Morgan fingerprint density at radius 1 is 0.744 bits per heavy atom. The third-order valence-electron chi connectivity index (χ3n) is 6.69. The first-order valence-electron chi connectivity index (χ1n) is 12.5. The van der Waals surface area contributed by atoms with Crippen molar-refractivity contribution in [2.45, 2.75) is 32.4 Å². The molecule has 0 bridgehead atoms. The average Bonchev–Trinajstić information content (AvgIpc) is 3.38. The highest BCUT2D eigenvalue weighted by atomic mass is 32.3. The highest BCUT2D eigenvalue weighted by Gasteiger charge is 2.46. The SMILES string of the molecule is O=C(NN(S(=O)(=O)c1cccc(F)c1)S(=O)(=O)c1cccc(F)c1)[C@@H]1C[C@@H](S)CN1S(=O)(=O)c1ccc2ccccc2c1. The number of sulfonamides is 3. The number of nitrogens with one attached hydrogen (secondary N) is 1. The molecule has 4 aromatic rings. The molecule has 1 fully saturated rings. The van der Waals surface area contributed by atoms with Gasteiger partial charge in [-0.3, -0.25) is 10.2 Å². The third-order valence-corrected chi connectivity index (χ3v) is 12.9. The lowest BCUT2D eigenvalue weighted by molar-refractivity contribution is -0.126. The lowest BCUT2D eigenvalue weighted by Gasteiger charge is -2.27. The fourth-order valence-corrected chi connectivity index (χ4v) is 10.2. The van der Waals surface area contributed by atoms with Crippen LogP contribution in [0, 0.1) is 11.6 Å². The van der Waals surface area contributed by atoms with Crippen LogP contribution in [0.25, 0.3) is 10.8 Å². The summed E-state index contributed by atoms with van der Waals surface area (Å²) in [6.07, 6.45) is -0.199. The monoisotopic (exact) mass is 667 g/mol. The largest absolute Gasteiger partial charge is 0.274 e. The maximum Gasteiger partial charge on any atom is 0.274 e. The summed E-state index contributed by atoms with van der Waals surface area (Å²) in [5.41, 5.74) is 1.81. The van der Waals surface area contributed by atoms with E-state index in [9.17, 15) is 38.8 Å². The van der Waals surface area contributed by atoms with Crippen molar-refractivity contribution in [3.63, 3.8) is 0 Å². The Balaban J connectivity index is 1.55. The molecule has 5 rings (SSSR count). The van der Waals surface area contributed by atoms with Crippen LogP contribution < -0.4 is 5.43 Å². The number of hydrogen-bond donors (Lipinski definition) is 2. The highest BCUT2D eigenvalue weighted by Crippen LogP contribution is 2.31. The number of rotatable bonds is 8. The van der Waals surface area contributed by atoms with Gasteiger partial charge in [-0.1, -0.05) is 42.5 Å². The second kappa shape index (κ2) is 11.6. The molecule has 10 nitrogen and oxygen atoms in total. The molecule has 1 saturated heterocycles. The third kappa shape index (κ3) is 6.03. The van der Waals surface area contributed by atoms with E-state index in [2.05, 4.69) is 12.6 Å². The van der Waals surface area contributed by atoms with E-state index < -0.39 is 72.5 Å². The fraction of sp³-hybridized carbons (Fsp3) is 0.148. The predicted octanol–water partition coefficient (Wildman–Crippen LogP) is 3.29. The van der Waals surface area contributed by atoms with Gasteiger partial charge < -0.3 is 0 Å². The minimum absolute atomic E-state index is 0.150. The molecule has 226 valence electrons. The van der Waals surface area contributed by atoms with Crippen LogP contribution in [-0.2, 0) is 34.9 Å². The Morgan fingerprint density at radius 2 is 1.30 bits per heavy atom. The van der Waals surface area contributed by atoms with Gasteiger partial charge >= 0.3 is 0 Å². The molecule has 0 aliphatic carbocycles. The van der Waals surface area contributed by atoms with Gasteiger partial charge in [-0.15, -0.1) is 0 Å². The zero-order chi connectivity index (χ0) is 31.2. The van der Waals surface area contributed by atoms with Crippen LogP contribution >= 0.6 is 12.6 Å². The molecule has 0 saturated carbocycles. The van der Waals surface area contributed by atoms with Gasteiger partial charge in [0.2, 0.25) is 10.0 Å². The van der Waals surface area contributed by atoms with Crippen molar-refractivity contribution in [2.75, 3.05) is 6.54 Å². The van der Waals surface area contributed by atoms with Gasteiger partial charge in [0, 0.05) is 15.6 Å². The van der Waals surface area contributed by atoms with E-state index in [1.165, 1.54) is 12.1 Å². The molecular formula is C27H23F2N3O7S4. The number of thiol groups is 1. The summed E-state index contributed by atoms with van der Waals surface area (Å²) in [7, 11) is -14.9. The van der Waals surface area contributed by atoms with Crippen LogP contribution in [0.3, 0.4) is 0 Å². The summed E-state index contributed by atoms with van der Waals surface area (Å²) >= 11 is 4.33. The van der Waals surface area contributed by atoms with Crippen molar-refractivity contribution in [2.24, 2.45) is 0 Å². The molecule has 2 atom stereocenters. The number of carbonyl (C=O) groups is 1. The van der Waals surface area contributed by atoms with Crippen LogP contribution in [0.1, 0.15) is 6.42 Å². The van der Waals surface area contributed by atoms with E-state index in [-0.39, 0.29) is 17.9 Å². The number of hydrogen-bond acceptors (Lipinski definition) is 8. The van der Waals surface area contributed by atoms with Crippen LogP contribution in [0.4, 0.5) is 8.78 Å². The molecule has 43 heavy (non-hydrogen) atoms. The summed E-state index contributed by atoms with van der Waals surface area (Å²) in [6, 6.07) is 16.5. The lowest BCUT2D eigenvalue weighted by Crippen LogP contribution is -2.55. The maximum absolute atomic E-state index is 14.0. The van der Waals surface area contributed by atoms with Gasteiger partial charge in [0.1, 0.15) is 17.7 Å². The molecule has 0 aromatic heterocycles. The summed E-state index contributed by atoms with van der Waals surface area (Å²) < 4.78 is 110. The van der Waals surface area contributed by atoms with Gasteiger partial charge in [-0.25, -0.2) is 34.0 Å². The number of nitrogens with zero attached hydrogens (tertiary/aromatic N) is 2. The highest BCUT2D eigenvalue weighted by molar-refractivity contribution is 8.04. The minimum atomic E-state index is -5.25. The van der Waals surface area contributed by atoms with Crippen LogP contribution in [0.15, 0.2) is 106 Å². The number of amides is 1. The van der Waals surface area contributed by atoms with E-state index >= 15 is 0 Å². The van der Waals surface area contributed by atoms with Gasteiger partial charge in [0.05, 0.1) is 14.7 Å². The van der Waals surface area contributed by atoms with Crippen molar-refractivity contribution < 1.29 is 38.8 Å². The zero-order valence-corrected chi connectivity index (χ0v) is 25.3. The molecule has 1 heterocycles. The standard InChI is InChI=1S/C27H23F2N3O7S4/c28-20-7-3-9-23(14-20)42(36,37)32(43(38,39)24-10-4-8-21(29)15-24)30-27(33)26-16-22(40)17-31(26)41(34,35)25-12-11-18-5-1-2-6-19(18)13-25/h1-15,22,26,40H,16-17H2,(H,30,33)/t22-,26+/m1/s1. The van der Waals surface area contributed by atoms with Crippen molar-refractivity contribution >= 4 is 59.4 Å². The summed E-state index contributed by atoms with van der Waals surface area (Å²) in [6.45, 7) is -0.246. The zero-order valence-electron chi connectivity index (χ0n) is 21.9. The number of carbonyl (C=O) groups excluding carboxylic acids is 1. The van der Waals surface area contributed by atoms with Crippen molar-refractivity contribution in [1.29, 1.82) is 0 Å². The number of hydrazine groups is 1. The van der Waals surface area contributed by atoms with Crippen molar-refractivity contribution in [3.8, 4) is 0 Å². The lowest BCUT2D eigenvalue weighted by atomic mass is 10.1. The Bertz CT molecular complexity index is 1980. The van der Waals surface area contributed by atoms with Gasteiger partial charge in [-0.2, -0.15) is 16.9 Å². The molecule has 16 heteroatoms. The molecule has 1 aliphatic heterocycles. The van der Waals surface area contributed by atoms with Gasteiger partial charge in [0.25, 0.3) is 26.0 Å². The minimum Gasteiger partial charge on any atom is -0.272 e. The fourth-order valence-electron chi connectivity index (χ4n) is 4.61. The first kappa shape index (κ1) is 31.0. The molecular weight excluding hydrogens is 645 g/mol. The van der Waals surface area contributed by atoms with Gasteiger partial charge in [-0.05, 0) is 65.7 Å². The first-order valence-corrected chi connectivity index (χ1v) is 17.4. The molecule has 0 unspecified atom stereocenters. The van der Waals surface area contributed by atoms with E-state index in [0.717, 1.165) is 46.1 Å². The number of fused-ring (bicyclic) bond motifs is 1. The quantitative estimate of drug-likeness (QED) is 0.217. The van der Waals surface area contributed by atoms with E-state index in [1.54, 1.807) is 30.3 Å². The van der Waals surface area contributed by atoms with Crippen molar-refractivity contribution in [1.82, 2.24) is 13.6 Å². The molecule has 1 N–H and O–H groups in total. The smallest absolute Gasteiger partial charge is 0.272 e. The Morgan fingerprint density at radius 3 is 1.86 bits per heavy atom. The van der Waals surface area contributed by atoms with E-state index in [1.807, 2.05) is 5.43 Å². The molecule has 0 spiro atoms. The summed E-state index contributed by atoms with van der Waals surface area (Å²) in [5, 5.41) is 0.712. The second-order valence-corrected chi connectivity index (χ2v) is 16.0. The second-order valence-electron chi connectivity index (χ2n) is 9.59. The van der Waals surface area contributed by atoms with Crippen LogP contribution in [-0.4, -0.2) is 57.1 Å².